The van der Waals surface area contributed by atoms with Crippen molar-refractivity contribution in [1.82, 2.24) is 9.84 Å². The Morgan fingerprint density at radius 1 is 1.03 bits per heavy atom. The van der Waals surface area contributed by atoms with E-state index in [4.69, 9.17) is 0 Å². The summed E-state index contributed by atoms with van der Waals surface area (Å²) in [4.78, 5) is 40.3. The van der Waals surface area contributed by atoms with E-state index in [-0.39, 0.29) is 41.5 Å². The van der Waals surface area contributed by atoms with Crippen molar-refractivity contribution in [2.45, 2.75) is 70.1 Å². The molecule has 0 radical (unpaired) electrons. The summed E-state index contributed by atoms with van der Waals surface area (Å²) < 4.78 is 26.3. The van der Waals surface area contributed by atoms with E-state index in [9.17, 15) is 22.8 Å². The van der Waals surface area contributed by atoms with Gasteiger partial charge in [-0.1, -0.05) is 6.92 Å². The van der Waals surface area contributed by atoms with E-state index in [0.29, 0.717) is 12.0 Å². The zero-order valence-electron chi connectivity index (χ0n) is 18.3. The lowest BCUT2D eigenvalue weighted by molar-refractivity contribution is -0.142. The van der Waals surface area contributed by atoms with E-state index in [0.717, 1.165) is 35.1 Å². The Hall–Kier alpha value is -1.90. The number of hydrazine groups is 1. The van der Waals surface area contributed by atoms with Crippen LogP contribution in [0.1, 0.15) is 66.3 Å². The van der Waals surface area contributed by atoms with Gasteiger partial charge in [-0.2, -0.15) is 0 Å². The van der Waals surface area contributed by atoms with Crippen LogP contribution in [0.3, 0.4) is 0 Å². The van der Waals surface area contributed by atoms with Gasteiger partial charge in [0.05, 0.1) is 4.90 Å². The average Bonchev–Trinajstić information content (AvgIpc) is 3.09. The summed E-state index contributed by atoms with van der Waals surface area (Å²) in [6.45, 7) is 5.38. The lowest BCUT2D eigenvalue weighted by atomic mass is 9.72. The number of hydrogen-bond donors (Lipinski definition) is 1. The van der Waals surface area contributed by atoms with Gasteiger partial charge in [-0.05, 0) is 66.8 Å². The van der Waals surface area contributed by atoms with E-state index >= 15 is 0 Å². The molecule has 1 N–H and O–H groups in total. The molecule has 0 unspecified atom stereocenters. The number of rotatable bonds is 6. The van der Waals surface area contributed by atoms with E-state index in [1.54, 1.807) is 27.9 Å². The molecule has 2 aliphatic carbocycles. The maximum atomic E-state index is 13.1. The van der Waals surface area contributed by atoms with Gasteiger partial charge in [-0.25, -0.2) is 13.4 Å². The zero-order valence-corrected chi connectivity index (χ0v) is 19.1. The van der Waals surface area contributed by atoms with Crippen LogP contribution in [0.15, 0.2) is 4.90 Å². The minimum atomic E-state index is -3.80. The Bertz CT molecular complexity index is 1010. The van der Waals surface area contributed by atoms with Gasteiger partial charge in [0, 0.05) is 33.4 Å². The van der Waals surface area contributed by atoms with Crippen LogP contribution in [0.4, 0.5) is 0 Å². The second kappa shape index (κ2) is 8.32. The van der Waals surface area contributed by atoms with Gasteiger partial charge >= 0.3 is 0 Å². The van der Waals surface area contributed by atoms with Gasteiger partial charge in [0.1, 0.15) is 5.92 Å². The molecule has 0 heterocycles. The molecule has 1 saturated carbocycles. The van der Waals surface area contributed by atoms with Crippen molar-refractivity contribution >= 4 is 27.4 Å². The molecule has 0 spiro atoms. The molecule has 0 aromatic heterocycles. The van der Waals surface area contributed by atoms with Crippen LogP contribution in [-0.2, 0) is 37.2 Å². The molecule has 1 aromatic carbocycles. The number of carbonyl (C=O) groups is 3. The quantitative estimate of drug-likeness (QED) is 0.544. The molecule has 0 bridgehead atoms. The number of sulfonamides is 1. The number of nitrogens with zero attached hydrogens (tertiary/aromatic N) is 1. The standard InChI is InChI=1S/C22H30N2O5S/c1-6-17(25)21-18(26)10-14(11-19(21)27)20-12(2)15-8-7-9-16(15)22(13(20)3)30(28,29)23-24(4)5/h14,21,23H,6-11H2,1-5H3. The summed E-state index contributed by atoms with van der Waals surface area (Å²) in [6, 6.07) is 0. The number of fused-ring (bicyclic) bond motifs is 1. The summed E-state index contributed by atoms with van der Waals surface area (Å²) in [7, 11) is -0.563. The normalized spacial score (nSPS) is 21.9. The number of benzene rings is 1. The highest BCUT2D eigenvalue weighted by Crippen LogP contribution is 2.43. The molecule has 30 heavy (non-hydrogen) atoms. The van der Waals surface area contributed by atoms with Crippen molar-refractivity contribution in [2.24, 2.45) is 5.92 Å². The molecule has 7 nitrogen and oxygen atoms in total. The predicted octanol–water partition coefficient (Wildman–Crippen LogP) is 2.16. The van der Waals surface area contributed by atoms with Gasteiger partial charge in [0.2, 0.25) is 0 Å². The van der Waals surface area contributed by atoms with E-state index in [1.807, 2.05) is 6.92 Å². The number of carbonyl (C=O) groups excluding carboxylic acids is 3. The Kier molecular flexibility index (Phi) is 6.32. The lowest BCUT2D eigenvalue weighted by Crippen LogP contribution is -2.39. The van der Waals surface area contributed by atoms with Crippen molar-refractivity contribution in [3.63, 3.8) is 0 Å². The van der Waals surface area contributed by atoms with E-state index in [1.165, 1.54) is 5.01 Å². The highest BCUT2D eigenvalue weighted by molar-refractivity contribution is 7.89. The van der Waals surface area contributed by atoms with Crippen LogP contribution in [-0.4, -0.2) is 44.9 Å². The number of Topliss-reactive ketones (excluding diaryl/α,β-unsaturated/α-hetero) is 3. The second-order valence-corrected chi connectivity index (χ2v) is 10.2. The smallest absolute Gasteiger partial charge is 0.253 e. The first-order valence-electron chi connectivity index (χ1n) is 10.4. The van der Waals surface area contributed by atoms with E-state index < -0.39 is 21.9 Å². The van der Waals surface area contributed by atoms with Crippen LogP contribution >= 0.6 is 0 Å². The Morgan fingerprint density at radius 2 is 1.60 bits per heavy atom. The largest absolute Gasteiger partial charge is 0.298 e. The molecule has 3 rings (SSSR count). The van der Waals surface area contributed by atoms with Crippen molar-refractivity contribution in [3.05, 3.63) is 27.8 Å². The summed E-state index contributed by atoms with van der Waals surface area (Å²) in [5.41, 5.74) is 4.22. The molecule has 0 saturated heterocycles. The third kappa shape index (κ3) is 3.88. The molecular formula is C22H30N2O5S. The Morgan fingerprint density at radius 3 is 2.13 bits per heavy atom. The third-order valence-corrected chi connectivity index (χ3v) is 7.98. The minimum absolute atomic E-state index is 0.0865. The third-order valence-electron chi connectivity index (χ3n) is 6.28. The molecule has 1 aromatic rings. The monoisotopic (exact) mass is 434 g/mol. The molecule has 164 valence electrons. The zero-order chi connectivity index (χ0) is 22.4. The highest BCUT2D eigenvalue weighted by atomic mass is 32.2. The fourth-order valence-corrected chi connectivity index (χ4v) is 6.84. The fraction of sp³-hybridized carbons (Fsp3) is 0.591. The minimum Gasteiger partial charge on any atom is -0.298 e. The van der Waals surface area contributed by atoms with Crippen molar-refractivity contribution in [2.75, 3.05) is 14.1 Å². The van der Waals surface area contributed by atoms with Crippen LogP contribution in [0.2, 0.25) is 0 Å². The van der Waals surface area contributed by atoms with Crippen molar-refractivity contribution in [1.29, 1.82) is 0 Å². The van der Waals surface area contributed by atoms with Crippen molar-refractivity contribution < 1.29 is 22.8 Å². The topological polar surface area (TPSA) is 101 Å². The number of hydrogen-bond acceptors (Lipinski definition) is 6. The van der Waals surface area contributed by atoms with Gasteiger partial charge in [0.15, 0.2) is 17.3 Å². The Balaban J connectivity index is 2.13. The molecular weight excluding hydrogens is 404 g/mol. The SMILES string of the molecule is CCC(=O)C1C(=O)CC(c2c(C)c3c(c(S(=O)(=O)NN(C)C)c2C)CCC3)CC1=O. The average molecular weight is 435 g/mol. The maximum absolute atomic E-state index is 13.1. The molecule has 0 atom stereocenters. The lowest BCUT2D eigenvalue weighted by Gasteiger charge is -2.30. The molecule has 8 heteroatoms. The number of nitrogens with one attached hydrogen (secondary N) is 1. The molecule has 1 fully saturated rings. The summed E-state index contributed by atoms with van der Waals surface area (Å²) in [5.74, 6) is -2.58. The van der Waals surface area contributed by atoms with Gasteiger partial charge in [-0.15, -0.1) is 4.83 Å². The maximum Gasteiger partial charge on any atom is 0.253 e. The van der Waals surface area contributed by atoms with Crippen LogP contribution < -0.4 is 4.83 Å². The summed E-state index contributed by atoms with van der Waals surface area (Å²) in [6.07, 6.45) is 2.68. The van der Waals surface area contributed by atoms with Crippen LogP contribution in [0.25, 0.3) is 0 Å². The summed E-state index contributed by atoms with van der Waals surface area (Å²) >= 11 is 0. The number of ketones is 3. The highest BCUT2D eigenvalue weighted by Gasteiger charge is 2.42. The predicted molar refractivity (Wildman–Crippen MR) is 113 cm³/mol. The van der Waals surface area contributed by atoms with Crippen LogP contribution in [0, 0.1) is 19.8 Å². The van der Waals surface area contributed by atoms with Crippen LogP contribution in [0.5, 0.6) is 0 Å². The Labute approximate surface area is 178 Å². The second-order valence-electron chi connectivity index (χ2n) is 8.58. The van der Waals surface area contributed by atoms with E-state index in [2.05, 4.69) is 4.83 Å². The molecule has 0 aliphatic heterocycles. The first-order chi connectivity index (χ1) is 14.0. The first-order valence-corrected chi connectivity index (χ1v) is 11.9. The van der Waals surface area contributed by atoms with Crippen molar-refractivity contribution in [3.8, 4) is 0 Å². The first kappa shape index (κ1) is 22.8. The molecule has 0 amide bonds. The van der Waals surface area contributed by atoms with Gasteiger partial charge in [0.25, 0.3) is 10.0 Å². The molecule has 2 aliphatic rings. The van der Waals surface area contributed by atoms with Gasteiger partial charge in [-0.3, -0.25) is 14.4 Å². The summed E-state index contributed by atoms with van der Waals surface area (Å²) in [5, 5.41) is 1.39. The van der Waals surface area contributed by atoms with Gasteiger partial charge < -0.3 is 0 Å². The fourth-order valence-electron chi connectivity index (χ4n) is 5.20.